The van der Waals surface area contributed by atoms with Gasteiger partial charge in [-0.15, -0.1) is 0 Å². The number of nitrogens with zero attached hydrogens (tertiary/aromatic N) is 1. The van der Waals surface area contributed by atoms with Gasteiger partial charge >= 0.3 is 0 Å². The summed E-state index contributed by atoms with van der Waals surface area (Å²) in [7, 11) is -3.91. The first-order chi connectivity index (χ1) is 13.3. The maximum atomic E-state index is 12.6. The third-order valence-corrected chi connectivity index (χ3v) is 6.77. The van der Waals surface area contributed by atoms with Crippen molar-refractivity contribution in [2.45, 2.75) is 11.4 Å². The number of rotatable bonds is 4. The van der Waals surface area contributed by atoms with Crippen LogP contribution in [0.1, 0.15) is 0 Å². The van der Waals surface area contributed by atoms with Gasteiger partial charge in [0, 0.05) is 30.8 Å². The number of carbonyl (C=O) groups is 1. The largest absolute Gasteiger partial charge is 0.331 e. The molecular formula is C20H14Br2N2O3S. The molecule has 1 N–H and O–H groups in total. The Kier molecular flexibility index (Phi) is 5.03. The van der Waals surface area contributed by atoms with Crippen LogP contribution in [0.2, 0.25) is 0 Å². The molecular weight excluding hydrogens is 508 g/mol. The zero-order valence-corrected chi connectivity index (χ0v) is 18.4. The molecule has 0 aliphatic rings. The van der Waals surface area contributed by atoms with E-state index in [4.69, 9.17) is 0 Å². The van der Waals surface area contributed by atoms with E-state index in [0.717, 1.165) is 30.8 Å². The highest BCUT2D eigenvalue weighted by atomic mass is 79.9. The average molecular weight is 522 g/mol. The van der Waals surface area contributed by atoms with Gasteiger partial charge in [0.1, 0.15) is 6.54 Å². The van der Waals surface area contributed by atoms with E-state index in [0.29, 0.717) is 0 Å². The lowest BCUT2D eigenvalue weighted by Crippen LogP contribution is -2.33. The van der Waals surface area contributed by atoms with Crippen LogP contribution in [0.4, 0.5) is 0 Å². The van der Waals surface area contributed by atoms with Crippen molar-refractivity contribution in [1.29, 1.82) is 0 Å². The van der Waals surface area contributed by atoms with Crippen LogP contribution >= 0.6 is 31.9 Å². The van der Waals surface area contributed by atoms with Crippen molar-refractivity contribution in [3.63, 3.8) is 0 Å². The summed E-state index contributed by atoms with van der Waals surface area (Å²) in [4.78, 5) is 12.6. The number of hydrogen-bond acceptors (Lipinski definition) is 3. The number of halogens is 2. The maximum Gasteiger partial charge on any atom is 0.264 e. The second kappa shape index (κ2) is 7.35. The molecule has 4 aromatic rings. The molecule has 0 saturated heterocycles. The highest BCUT2D eigenvalue weighted by Gasteiger charge is 2.19. The van der Waals surface area contributed by atoms with Gasteiger partial charge in [-0.3, -0.25) is 4.79 Å². The Morgan fingerprint density at radius 3 is 1.93 bits per heavy atom. The lowest BCUT2D eigenvalue weighted by Gasteiger charge is -2.10. The molecule has 4 rings (SSSR count). The van der Waals surface area contributed by atoms with Crippen LogP contribution in [0.25, 0.3) is 21.8 Å². The summed E-state index contributed by atoms with van der Waals surface area (Å²) in [5.74, 6) is -0.603. The Morgan fingerprint density at radius 1 is 0.857 bits per heavy atom. The first-order valence-electron chi connectivity index (χ1n) is 8.33. The van der Waals surface area contributed by atoms with Gasteiger partial charge in [0.2, 0.25) is 0 Å². The highest BCUT2D eigenvalue weighted by molar-refractivity contribution is 9.10. The van der Waals surface area contributed by atoms with Crippen LogP contribution in [0.3, 0.4) is 0 Å². The molecule has 3 aromatic carbocycles. The number of sulfonamides is 1. The topological polar surface area (TPSA) is 68.2 Å². The minimum Gasteiger partial charge on any atom is -0.331 e. The Labute approximate surface area is 178 Å². The minimum absolute atomic E-state index is 0.0541. The molecule has 5 nitrogen and oxygen atoms in total. The van der Waals surface area contributed by atoms with Gasteiger partial charge in [0.25, 0.3) is 15.9 Å². The third kappa shape index (κ3) is 3.59. The average Bonchev–Trinajstić information content (AvgIpc) is 2.94. The predicted molar refractivity (Wildman–Crippen MR) is 117 cm³/mol. The van der Waals surface area contributed by atoms with Gasteiger partial charge < -0.3 is 4.57 Å². The van der Waals surface area contributed by atoms with Crippen LogP contribution in [-0.4, -0.2) is 18.9 Å². The van der Waals surface area contributed by atoms with Crippen LogP contribution < -0.4 is 4.72 Å². The van der Waals surface area contributed by atoms with Crippen LogP contribution in [-0.2, 0) is 21.4 Å². The summed E-state index contributed by atoms with van der Waals surface area (Å²) in [5, 5.41) is 1.95. The quantitative estimate of drug-likeness (QED) is 0.418. The zero-order valence-electron chi connectivity index (χ0n) is 14.4. The Hall–Kier alpha value is -2.16. The van der Waals surface area contributed by atoms with Gasteiger partial charge in [0.05, 0.1) is 4.90 Å². The zero-order chi connectivity index (χ0) is 19.9. The summed E-state index contributed by atoms with van der Waals surface area (Å²) in [6, 6.07) is 19.4. The van der Waals surface area contributed by atoms with Gasteiger partial charge in [-0.25, -0.2) is 13.1 Å². The number of aromatic nitrogens is 1. The number of amides is 1. The first kappa shape index (κ1) is 19.2. The second-order valence-electron chi connectivity index (χ2n) is 6.25. The van der Waals surface area contributed by atoms with E-state index in [9.17, 15) is 13.2 Å². The van der Waals surface area contributed by atoms with Crippen molar-refractivity contribution in [2.75, 3.05) is 0 Å². The molecule has 142 valence electrons. The summed E-state index contributed by atoms with van der Waals surface area (Å²) >= 11 is 6.97. The smallest absolute Gasteiger partial charge is 0.264 e. The predicted octanol–water partition coefficient (Wildman–Crippen LogP) is 4.82. The summed E-state index contributed by atoms with van der Waals surface area (Å²) in [6.07, 6.45) is 0. The fourth-order valence-corrected chi connectivity index (χ4v) is 4.92. The number of benzene rings is 3. The van der Waals surface area contributed by atoms with Crippen LogP contribution in [0, 0.1) is 0 Å². The molecule has 0 atom stereocenters. The minimum atomic E-state index is -3.91. The fraction of sp³-hybridized carbons (Fsp3) is 0.0500. The first-order valence-corrected chi connectivity index (χ1v) is 11.4. The molecule has 0 bridgehead atoms. The lowest BCUT2D eigenvalue weighted by molar-refractivity contribution is -0.119. The van der Waals surface area contributed by atoms with Gasteiger partial charge in [-0.05, 0) is 48.5 Å². The van der Waals surface area contributed by atoms with Crippen LogP contribution in [0.15, 0.2) is 80.6 Å². The Morgan fingerprint density at radius 2 is 1.39 bits per heavy atom. The molecule has 0 radical (unpaired) electrons. The molecule has 0 unspecified atom stereocenters. The summed E-state index contributed by atoms with van der Waals surface area (Å²) in [5.41, 5.74) is 1.70. The van der Waals surface area contributed by atoms with Gasteiger partial charge in [-0.1, -0.05) is 50.1 Å². The van der Waals surface area contributed by atoms with E-state index in [1.54, 1.807) is 18.2 Å². The van der Waals surface area contributed by atoms with E-state index in [-0.39, 0.29) is 11.4 Å². The molecule has 1 amide bonds. The normalized spacial score (nSPS) is 11.8. The van der Waals surface area contributed by atoms with Gasteiger partial charge in [0.15, 0.2) is 0 Å². The van der Waals surface area contributed by atoms with Crippen molar-refractivity contribution >= 4 is 69.6 Å². The maximum absolute atomic E-state index is 12.6. The third-order valence-electron chi connectivity index (χ3n) is 4.39. The molecule has 8 heteroatoms. The number of nitrogens with one attached hydrogen (secondary N) is 1. The number of carbonyl (C=O) groups excluding carboxylic acids is 1. The van der Waals surface area contributed by atoms with Crippen molar-refractivity contribution in [3.8, 4) is 0 Å². The number of fused-ring (bicyclic) bond motifs is 3. The van der Waals surface area contributed by atoms with Crippen molar-refractivity contribution in [3.05, 3.63) is 75.7 Å². The van der Waals surface area contributed by atoms with E-state index in [1.807, 2.05) is 41.0 Å². The van der Waals surface area contributed by atoms with E-state index < -0.39 is 15.9 Å². The van der Waals surface area contributed by atoms with Crippen LogP contribution in [0.5, 0.6) is 0 Å². The molecule has 0 aliphatic carbocycles. The molecule has 0 fully saturated rings. The Balaban J connectivity index is 1.74. The molecule has 0 aliphatic heterocycles. The molecule has 0 spiro atoms. The highest BCUT2D eigenvalue weighted by Crippen LogP contribution is 2.33. The molecule has 28 heavy (non-hydrogen) atoms. The number of hydrogen-bond donors (Lipinski definition) is 1. The van der Waals surface area contributed by atoms with E-state index in [1.165, 1.54) is 12.1 Å². The summed E-state index contributed by atoms with van der Waals surface area (Å²) in [6.45, 7) is -0.116. The van der Waals surface area contributed by atoms with Crippen molar-refractivity contribution in [1.82, 2.24) is 9.29 Å². The second-order valence-corrected chi connectivity index (χ2v) is 9.76. The van der Waals surface area contributed by atoms with E-state index >= 15 is 0 Å². The summed E-state index contributed by atoms with van der Waals surface area (Å²) < 4.78 is 30.7. The van der Waals surface area contributed by atoms with Crippen molar-refractivity contribution in [2.24, 2.45) is 0 Å². The molecule has 1 heterocycles. The SMILES string of the molecule is O=C(Cn1c2ccc(Br)cc2c2cc(Br)ccc21)NS(=O)(=O)c1ccccc1. The molecule has 1 aromatic heterocycles. The van der Waals surface area contributed by atoms with Crippen molar-refractivity contribution < 1.29 is 13.2 Å². The fourth-order valence-electron chi connectivity index (χ4n) is 3.20. The lowest BCUT2D eigenvalue weighted by atomic mass is 10.2. The standard InChI is InChI=1S/C20H14Br2N2O3S/c21-13-6-8-18-16(10-13)17-11-14(22)7-9-19(17)24(18)12-20(25)23-28(26,27)15-4-2-1-3-5-15/h1-11H,12H2,(H,23,25). The monoisotopic (exact) mass is 520 g/mol. The van der Waals surface area contributed by atoms with E-state index in [2.05, 4.69) is 36.6 Å². The van der Waals surface area contributed by atoms with Gasteiger partial charge in [-0.2, -0.15) is 0 Å². The Bertz CT molecular complexity index is 1260. The molecule has 0 saturated carbocycles.